The summed E-state index contributed by atoms with van der Waals surface area (Å²) < 4.78 is 48.2. The molecular weight excluding hydrogens is 353 g/mol. The molecule has 0 saturated carbocycles. The van der Waals surface area contributed by atoms with Crippen LogP contribution in [0, 0.1) is 0 Å². The zero-order valence-electron chi connectivity index (χ0n) is 13.6. The van der Waals surface area contributed by atoms with Gasteiger partial charge in [-0.2, -0.15) is 0 Å². The maximum atomic E-state index is 14.4. The molecule has 0 N–H and O–H groups in total. The Bertz CT molecular complexity index is 762. The molecule has 0 amide bonds. The van der Waals surface area contributed by atoms with Crippen LogP contribution in [-0.4, -0.2) is 32.4 Å². The largest absolute Gasteiger partial charge is 0.428 e. The lowest BCUT2D eigenvalue weighted by Crippen LogP contribution is -2.34. The number of rotatable bonds is 6. The van der Waals surface area contributed by atoms with Crippen molar-refractivity contribution in [2.75, 3.05) is 11.3 Å². The molecule has 1 aromatic rings. The molecule has 9 heteroatoms. The molecule has 0 bridgehead atoms. The van der Waals surface area contributed by atoms with E-state index in [1.807, 2.05) is 0 Å². The molecule has 0 heterocycles. The molecule has 1 aliphatic carbocycles. The van der Waals surface area contributed by atoms with E-state index in [1.165, 1.54) is 30.3 Å². The van der Waals surface area contributed by atoms with Gasteiger partial charge in [-0.15, -0.1) is 4.53 Å². The first kappa shape index (κ1) is 18.9. The lowest BCUT2D eigenvalue weighted by Gasteiger charge is -2.23. The fourth-order valence-corrected chi connectivity index (χ4v) is 3.81. The number of benzene rings is 1. The van der Waals surface area contributed by atoms with E-state index in [4.69, 9.17) is 4.74 Å². The van der Waals surface area contributed by atoms with Gasteiger partial charge in [0.1, 0.15) is 5.25 Å². The molecular formula is C16H18FNO6S. The topological polar surface area (TPSA) is 90.0 Å². The van der Waals surface area contributed by atoms with Gasteiger partial charge in [-0.3, -0.25) is 4.79 Å². The summed E-state index contributed by atoms with van der Waals surface area (Å²) in [5.74, 6) is -1.40. The van der Waals surface area contributed by atoms with Crippen molar-refractivity contribution in [3.8, 4) is 0 Å². The third-order valence-electron chi connectivity index (χ3n) is 3.60. The summed E-state index contributed by atoms with van der Waals surface area (Å²) in [6.45, 7) is 0.609. The lowest BCUT2D eigenvalue weighted by molar-refractivity contribution is -0.163. The number of nitrogens with zero attached hydrogens (tertiary/aromatic N) is 1. The minimum Gasteiger partial charge on any atom is -0.428 e. The molecule has 0 saturated heterocycles. The number of carbonyl (C=O) groups excluding carboxylic acids is 2. The molecule has 0 aromatic heterocycles. The number of carbonyl (C=O) groups is 2. The van der Waals surface area contributed by atoms with Crippen LogP contribution in [0.4, 0.5) is 10.2 Å². The van der Waals surface area contributed by atoms with Crippen molar-refractivity contribution in [3.63, 3.8) is 0 Å². The molecule has 2 rings (SSSR count). The highest BCUT2D eigenvalue weighted by molar-refractivity contribution is 7.93. The van der Waals surface area contributed by atoms with E-state index < -0.39 is 34.0 Å². The number of esters is 2. The van der Waals surface area contributed by atoms with E-state index >= 15 is 0 Å². The van der Waals surface area contributed by atoms with Crippen molar-refractivity contribution in [2.45, 2.75) is 31.4 Å². The first-order valence-electron chi connectivity index (χ1n) is 7.58. The minimum absolute atomic E-state index is 0.111. The predicted molar refractivity (Wildman–Crippen MR) is 87.4 cm³/mol. The van der Waals surface area contributed by atoms with Crippen LogP contribution in [0.5, 0.6) is 0 Å². The molecule has 0 aliphatic heterocycles. The summed E-state index contributed by atoms with van der Waals surface area (Å²) in [5.41, 5.74) is 0.00824. The van der Waals surface area contributed by atoms with Crippen molar-refractivity contribution < 1.29 is 32.0 Å². The van der Waals surface area contributed by atoms with E-state index in [9.17, 15) is 22.5 Å². The molecule has 1 aliphatic rings. The Balaban J connectivity index is 2.12. The zero-order valence-corrected chi connectivity index (χ0v) is 14.4. The summed E-state index contributed by atoms with van der Waals surface area (Å²) >= 11 is 0. The third-order valence-corrected chi connectivity index (χ3v) is 5.40. The van der Waals surface area contributed by atoms with E-state index in [2.05, 4.69) is 4.74 Å². The number of para-hydroxylation sites is 1. The number of ether oxygens (including phenoxy) is 2. The van der Waals surface area contributed by atoms with Crippen molar-refractivity contribution in [1.82, 2.24) is 0 Å². The number of anilines is 1. The van der Waals surface area contributed by atoms with Gasteiger partial charge in [-0.05, 0) is 31.4 Å². The van der Waals surface area contributed by atoms with Crippen LogP contribution in [0.1, 0.15) is 26.2 Å². The van der Waals surface area contributed by atoms with Gasteiger partial charge in [-0.25, -0.2) is 13.2 Å². The van der Waals surface area contributed by atoms with Gasteiger partial charge in [0, 0.05) is 12.5 Å². The Morgan fingerprint density at radius 3 is 2.56 bits per heavy atom. The first-order chi connectivity index (χ1) is 11.8. The molecule has 136 valence electrons. The maximum absolute atomic E-state index is 14.4. The Morgan fingerprint density at radius 2 is 1.92 bits per heavy atom. The fourth-order valence-electron chi connectivity index (χ4n) is 2.36. The molecule has 1 unspecified atom stereocenters. The molecule has 1 atom stereocenters. The summed E-state index contributed by atoms with van der Waals surface area (Å²) in [5, 5.41) is -1.18. The third kappa shape index (κ3) is 4.79. The summed E-state index contributed by atoms with van der Waals surface area (Å²) in [6.07, 6.45) is 2.09. The Kier molecular flexibility index (Phi) is 6.13. The minimum atomic E-state index is -4.32. The van der Waals surface area contributed by atoms with E-state index in [0.29, 0.717) is 12.8 Å². The summed E-state index contributed by atoms with van der Waals surface area (Å²) in [6, 6.07) is 7.34. The van der Waals surface area contributed by atoms with Crippen molar-refractivity contribution in [2.24, 2.45) is 0 Å². The fraction of sp³-hybridized carbons (Fsp3) is 0.375. The molecule has 1 aromatic carbocycles. The highest BCUT2D eigenvalue weighted by atomic mass is 32.2. The molecule has 25 heavy (non-hydrogen) atoms. The maximum Gasteiger partial charge on any atom is 0.336 e. The Labute approximate surface area is 145 Å². The smallest absolute Gasteiger partial charge is 0.336 e. The number of halogens is 1. The highest BCUT2D eigenvalue weighted by Crippen LogP contribution is 2.29. The normalized spacial score (nSPS) is 17.4. The van der Waals surface area contributed by atoms with Crippen LogP contribution in [0.25, 0.3) is 0 Å². The van der Waals surface area contributed by atoms with Gasteiger partial charge in [0.2, 0.25) is 6.79 Å². The lowest BCUT2D eigenvalue weighted by atomic mass is 9.99. The average molecular weight is 371 g/mol. The average Bonchev–Trinajstić information content (AvgIpc) is 2.61. The van der Waals surface area contributed by atoms with Gasteiger partial charge < -0.3 is 9.47 Å². The van der Waals surface area contributed by atoms with E-state index in [0.717, 1.165) is 6.92 Å². The van der Waals surface area contributed by atoms with Gasteiger partial charge in [0.25, 0.3) is 10.0 Å². The van der Waals surface area contributed by atoms with Crippen molar-refractivity contribution in [1.29, 1.82) is 0 Å². The quantitative estimate of drug-likeness (QED) is 0.433. The molecule has 0 fully saturated rings. The summed E-state index contributed by atoms with van der Waals surface area (Å²) in [4.78, 5) is 22.5. The SMILES string of the molecule is CC(=O)OCOC(=O)C1=CC(S(=O)(=O)N(F)c2ccccc2)CCC1. The van der Waals surface area contributed by atoms with Crippen LogP contribution in [-0.2, 0) is 29.1 Å². The van der Waals surface area contributed by atoms with Gasteiger partial charge in [0.15, 0.2) is 0 Å². The van der Waals surface area contributed by atoms with Crippen LogP contribution < -0.4 is 4.53 Å². The van der Waals surface area contributed by atoms with Gasteiger partial charge in [-0.1, -0.05) is 28.8 Å². The van der Waals surface area contributed by atoms with Crippen LogP contribution in [0.15, 0.2) is 42.0 Å². The van der Waals surface area contributed by atoms with Crippen molar-refractivity contribution >= 4 is 27.6 Å². The van der Waals surface area contributed by atoms with E-state index in [1.54, 1.807) is 6.07 Å². The van der Waals surface area contributed by atoms with Crippen molar-refractivity contribution in [3.05, 3.63) is 42.0 Å². The second-order valence-electron chi connectivity index (χ2n) is 5.40. The van der Waals surface area contributed by atoms with E-state index in [-0.39, 0.29) is 22.2 Å². The monoisotopic (exact) mass is 371 g/mol. The highest BCUT2D eigenvalue weighted by Gasteiger charge is 2.34. The van der Waals surface area contributed by atoms with Crippen LogP contribution in [0.3, 0.4) is 0 Å². The first-order valence-corrected chi connectivity index (χ1v) is 9.09. The predicted octanol–water partition coefficient (Wildman–Crippen LogP) is 2.25. The standard InChI is InChI=1S/C16H18FNO6S/c1-12(19)23-11-24-16(20)13-6-5-9-15(10-13)25(21,22)18(17)14-7-3-2-4-8-14/h2-4,7-8,10,15H,5-6,9,11H2,1H3. The van der Waals surface area contributed by atoms with Crippen LogP contribution >= 0.6 is 0 Å². The number of sulfonamides is 1. The Hall–Kier alpha value is -2.42. The second-order valence-corrected chi connectivity index (χ2v) is 7.36. The van der Waals surface area contributed by atoms with Crippen LogP contribution in [0.2, 0.25) is 0 Å². The number of hydrogen-bond donors (Lipinski definition) is 0. The summed E-state index contributed by atoms with van der Waals surface area (Å²) in [7, 11) is -4.32. The Morgan fingerprint density at radius 1 is 1.24 bits per heavy atom. The zero-order chi connectivity index (χ0) is 18.4. The van der Waals surface area contributed by atoms with Gasteiger partial charge in [0.05, 0.1) is 5.69 Å². The molecule has 7 nitrogen and oxygen atoms in total. The molecule has 0 radical (unpaired) electrons. The van der Waals surface area contributed by atoms with Gasteiger partial charge >= 0.3 is 11.9 Å². The second kappa shape index (κ2) is 8.11. The molecule has 0 spiro atoms. The number of hydrogen-bond acceptors (Lipinski definition) is 6.